The molecule has 0 radical (unpaired) electrons. The smallest absolute Gasteiger partial charge is 0.335 e. The number of carboxylic acids is 1. The standard InChI is InChI=1S/C13H15BrO3S/c14-12-6-9(13(15)16)3-4-10(12)7-18-8-11-2-1-5-17-11/h3-4,6,11H,1-2,5,7-8H2,(H,15,16). The Morgan fingerprint density at radius 3 is 3.00 bits per heavy atom. The van der Waals surface area contributed by atoms with Gasteiger partial charge in [-0.2, -0.15) is 11.8 Å². The second-order valence-electron chi connectivity index (χ2n) is 4.26. The molecule has 0 aromatic heterocycles. The summed E-state index contributed by atoms with van der Waals surface area (Å²) in [5.41, 5.74) is 1.44. The van der Waals surface area contributed by atoms with Gasteiger partial charge in [0, 0.05) is 22.6 Å². The zero-order valence-electron chi connectivity index (χ0n) is 9.89. The first-order chi connectivity index (χ1) is 8.66. The van der Waals surface area contributed by atoms with Crippen molar-refractivity contribution in [3.05, 3.63) is 33.8 Å². The van der Waals surface area contributed by atoms with Gasteiger partial charge in [0.15, 0.2) is 0 Å². The molecule has 0 saturated carbocycles. The summed E-state index contributed by atoms with van der Waals surface area (Å²) in [6.45, 7) is 0.891. The van der Waals surface area contributed by atoms with Crippen LogP contribution >= 0.6 is 27.7 Å². The van der Waals surface area contributed by atoms with E-state index in [1.54, 1.807) is 12.1 Å². The predicted octanol–water partition coefficient (Wildman–Crippen LogP) is 3.56. The third-order valence-corrected chi connectivity index (χ3v) is 4.75. The Morgan fingerprint density at radius 2 is 2.39 bits per heavy atom. The van der Waals surface area contributed by atoms with Gasteiger partial charge in [0.25, 0.3) is 0 Å². The number of ether oxygens (including phenoxy) is 1. The summed E-state index contributed by atoms with van der Waals surface area (Å²) in [6.07, 6.45) is 2.72. The van der Waals surface area contributed by atoms with E-state index in [0.29, 0.717) is 11.7 Å². The van der Waals surface area contributed by atoms with Gasteiger partial charge < -0.3 is 9.84 Å². The normalized spacial score (nSPS) is 19.1. The summed E-state index contributed by atoms with van der Waals surface area (Å²) in [5.74, 6) is 0.988. The summed E-state index contributed by atoms with van der Waals surface area (Å²) >= 11 is 5.25. The molecule has 1 aromatic carbocycles. The molecule has 1 atom stereocenters. The Labute approximate surface area is 119 Å². The highest BCUT2D eigenvalue weighted by Gasteiger charge is 2.15. The van der Waals surface area contributed by atoms with Crippen molar-refractivity contribution >= 4 is 33.7 Å². The molecule has 2 rings (SSSR count). The van der Waals surface area contributed by atoms with E-state index in [-0.39, 0.29) is 0 Å². The third kappa shape index (κ3) is 3.73. The molecule has 1 aromatic rings. The lowest BCUT2D eigenvalue weighted by Crippen LogP contribution is -2.08. The zero-order valence-corrected chi connectivity index (χ0v) is 12.3. The van der Waals surface area contributed by atoms with Crippen LogP contribution in [0.25, 0.3) is 0 Å². The first-order valence-electron chi connectivity index (χ1n) is 5.88. The summed E-state index contributed by atoms with van der Waals surface area (Å²) in [4.78, 5) is 10.8. The van der Waals surface area contributed by atoms with Crippen molar-refractivity contribution in [3.63, 3.8) is 0 Å². The lowest BCUT2D eigenvalue weighted by molar-refractivity contribution is 0.0697. The summed E-state index contributed by atoms with van der Waals surface area (Å²) in [5, 5.41) is 8.88. The maximum absolute atomic E-state index is 10.8. The molecule has 0 amide bonds. The van der Waals surface area contributed by atoms with Crippen LogP contribution in [0.1, 0.15) is 28.8 Å². The number of benzene rings is 1. The van der Waals surface area contributed by atoms with Crippen molar-refractivity contribution in [2.75, 3.05) is 12.4 Å². The number of carbonyl (C=O) groups is 1. The molecule has 98 valence electrons. The fraction of sp³-hybridized carbons (Fsp3) is 0.462. The second kappa shape index (κ2) is 6.59. The van der Waals surface area contributed by atoms with E-state index in [9.17, 15) is 4.79 Å². The van der Waals surface area contributed by atoms with E-state index >= 15 is 0 Å². The van der Waals surface area contributed by atoms with Crippen molar-refractivity contribution in [2.24, 2.45) is 0 Å². The van der Waals surface area contributed by atoms with E-state index in [2.05, 4.69) is 15.9 Å². The van der Waals surface area contributed by atoms with E-state index in [1.807, 2.05) is 17.8 Å². The molecular formula is C13H15BrO3S. The van der Waals surface area contributed by atoms with Crippen LogP contribution in [0.2, 0.25) is 0 Å². The summed E-state index contributed by atoms with van der Waals surface area (Å²) in [7, 11) is 0. The van der Waals surface area contributed by atoms with Gasteiger partial charge >= 0.3 is 5.97 Å². The van der Waals surface area contributed by atoms with Crippen molar-refractivity contribution in [3.8, 4) is 0 Å². The molecule has 1 heterocycles. The first-order valence-corrected chi connectivity index (χ1v) is 7.82. The van der Waals surface area contributed by atoms with E-state index < -0.39 is 5.97 Å². The highest BCUT2D eigenvalue weighted by molar-refractivity contribution is 9.10. The Balaban J connectivity index is 1.87. The molecule has 18 heavy (non-hydrogen) atoms. The van der Waals surface area contributed by atoms with Crippen LogP contribution in [-0.4, -0.2) is 29.5 Å². The van der Waals surface area contributed by atoms with Gasteiger partial charge in [-0.05, 0) is 30.5 Å². The fourth-order valence-electron chi connectivity index (χ4n) is 1.87. The number of halogens is 1. The molecule has 1 unspecified atom stereocenters. The average molecular weight is 331 g/mol. The van der Waals surface area contributed by atoms with Crippen LogP contribution in [-0.2, 0) is 10.5 Å². The number of hydrogen-bond acceptors (Lipinski definition) is 3. The number of thioether (sulfide) groups is 1. The molecule has 0 spiro atoms. The molecule has 1 saturated heterocycles. The number of rotatable bonds is 5. The quantitative estimate of drug-likeness (QED) is 0.896. The SMILES string of the molecule is O=C(O)c1ccc(CSCC2CCCO2)c(Br)c1. The van der Waals surface area contributed by atoms with Crippen LogP contribution in [0.15, 0.2) is 22.7 Å². The maximum atomic E-state index is 10.8. The lowest BCUT2D eigenvalue weighted by atomic mass is 10.1. The van der Waals surface area contributed by atoms with Gasteiger partial charge in [-0.25, -0.2) is 4.79 Å². The van der Waals surface area contributed by atoms with Crippen molar-refractivity contribution in [1.82, 2.24) is 0 Å². The topological polar surface area (TPSA) is 46.5 Å². The molecular weight excluding hydrogens is 316 g/mol. The first kappa shape index (κ1) is 13.9. The van der Waals surface area contributed by atoms with Crippen LogP contribution < -0.4 is 0 Å². The van der Waals surface area contributed by atoms with Gasteiger partial charge in [0.05, 0.1) is 11.7 Å². The largest absolute Gasteiger partial charge is 0.478 e. The summed E-state index contributed by atoms with van der Waals surface area (Å²) in [6, 6.07) is 5.18. The van der Waals surface area contributed by atoms with Gasteiger partial charge in [-0.1, -0.05) is 22.0 Å². The number of aromatic carboxylic acids is 1. The highest BCUT2D eigenvalue weighted by Crippen LogP contribution is 2.25. The molecule has 1 aliphatic rings. The van der Waals surface area contributed by atoms with E-state index in [1.165, 1.54) is 6.42 Å². The third-order valence-electron chi connectivity index (χ3n) is 2.89. The lowest BCUT2D eigenvalue weighted by Gasteiger charge is -2.09. The molecule has 1 aliphatic heterocycles. The van der Waals surface area contributed by atoms with Crippen molar-refractivity contribution in [1.29, 1.82) is 0 Å². The molecule has 3 nitrogen and oxygen atoms in total. The predicted molar refractivity (Wildman–Crippen MR) is 76.2 cm³/mol. The van der Waals surface area contributed by atoms with Gasteiger partial charge in [-0.15, -0.1) is 0 Å². The Bertz CT molecular complexity index is 430. The van der Waals surface area contributed by atoms with E-state index in [4.69, 9.17) is 9.84 Å². The minimum atomic E-state index is -0.894. The Hall–Kier alpha value is -0.520. The number of hydrogen-bond donors (Lipinski definition) is 1. The average Bonchev–Trinajstić information content (AvgIpc) is 2.84. The van der Waals surface area contributed by atoms with E-state index in [0.717, 1.165) is 34.6 Å². The van der Waals surface area contributed by atoms with Crippen molar-refractivity contribution < 1.29 is 14.6 Å². The zero-order chi connectivity index (χ0) is 13.0. The molecule has 1 fully saturated rings. The monoisotopic (exact) mass is 330 g/mol. The van der Waals surface area contributed by atoms with Gasteiger partial charge in [0.2, 0.25) is 0 Å². The molecule has 1 N–H and O–H groups in total. The molecule has 0 bridgehead atoms. The maximum Gasteiger partial charge on any atom is 0.335 e. The second-order valence-corrected chi connectivity index (χ2v) is 6.15. The highest BCUT2D eigenvalue weighted by atomic mass is 79.9. The molecule has 0 aliphatic carbocycles. The van der Waals surface area contributed by atoms with Gasteiger partial charge in [0.1, 0.15) is 0 Å². The number of carboxylic acid groups (broad SMARTS) is 1. The van der Waals surface area contributed by atoms with Gasteiger partial charge in [-0.3, -0.25) is 0 Å². The van der Waals surface area contributed by atoms with Crippen LogP contribution in [0, 0.1) is 0 Å². The molecule has 5 heteroatoms. The van der Waals surface area contributed by atoms with Crippen LogP contribution in [0.5, 0.6) is 0 Å². The van der Waals surface area contributed by atoms with Crippen molar-refractivity contribution in [2.45, 2.75) is 24.7 Å². The summed E-state index contributed by atoms with van der Waals surface area (Å²) < 4.78 is 6.42. The van der Waals surface area contributed by atoms with Crippen LogP contribution in [0.4, 0.5) is 0 Å². The Kier molecular flexibility index (Phi) is 5.09. The minimum Gasteiger partial charge on any atom is -0.478 e. The van der Waals surface area contributed by atoms with Crippen LogP contribution in [0.3, 0.4) is 0 Å². The minimum absolute atomic E-state index is 0.315. The fourth-order valence-corrected chi connectivity index (χ4v) is 3.69. The Morgan fingerprint density at radius 1 is 1.56 bits per heavy atom.